The number of benzene rings is 1. The van der Waals surface area contributed by atoms with Crippen LogP contribution in [-0.2, 0) is 13.2 Å². The molecule has 0 saturated carbocycles. The van der Waals surface area contributed by atoms with Gasteiger partial charge in [-0.2, -0.15) is 5.10 Å². The predicted molar refractivity (Wildman–Crippen MR) is 72.5 cm³/mol. The van der Waals surface area contributed by atoms with Crippen molar-refractivity contribution in [3.63, 3.8) is 0 Å². The van der Waals surface area contributed by atoms with Crippen molar-refractivity contribution in [3.05, 3.63) is 41.7 Å². The Balaban J connectivity index is 1.70. The van der Waals surface area contributed by atoms with Crippen molar-refractivity contribution in [2.24, 2.45) is 5.16 Å². The molecular weight excluding hydrogens is 258 g/mol. The van der Waals surface area contributed by atoms with Crippen LogP contribution in [-0.4, -0.2) is 27.3 Å². The highest BCUT2D eigenvalue weighted by Gasteiger charge is 2.20. The summed E-state index contributed by atoms with van der Waals surface area (Å²) < 4.78 is 13.0. The smallest absolute Gasteiger partial charge is 0.134 e. The molecule has 0 aliphatic carbocycles. The van der Waals surface area contributed by atoms with Gasteiger partial charge in [0.25, 0.3) is 0 Å². The van der Waals surface area contributed by atoms with Crippen molar-refractivity contribution < 1.29 is 14.7 Å². The molecule has 1 aromatic carbocycles. The van der Waals surface area contributed by atoms with Gasteiger partial charge < -0.3 is 14.7 Å². The maximum absolute atomic E-state index is 8.83. The molecule has 6 nitrogen and oxygen atoms in total. The van der Waals surface area contributed by atoms with Crippen LogP contribution in [0.5, 0.6) is 11.5 Å². The van der Waals surface area contributed by atoms with E-state index in [0.29, 0.717) is 30.4 Å². The Morgan fingerprint density at radius 2 is 2.40 bits per heavy atom. The predicted octanol–water partition coefficient (Wildman–Crippen LogP) is 2.05. The first kappa shape index (κ1) is 12.5. The number of fused-ring (bicyclic) bond motifs is 1. The Hall–Kier alpha value is -2.50. The summed E-state index contributed by atoms with van der Waals surface area (Å²) in [5.74, 6) is 1.40. The number of hydrogen-bond acceptors (Lipinski definition) is 5. The van der Waals surface area contributed by atoms with Gasteiger partial charge in [-0.15, -0.1) is 0 Å². The Bertz CT molecular complexity index is 649. The van der Waals surface area contributed by atoms with E-state index in [2.05, 4.69) is 10.3 Å². The molecule has 0 fully saturated rings. The zero-order valence-electron chi connectivity index (χ0n) is 11.1. The molecule has 0 atom stereocenters. The van der Waals surface area contributed by atoms with Gasteiger partial charge in [-0.25, -0.2) is 0 Å². The highest BCUT2D eigenvalue weighted by Crippen LogP contribution is 2.30. The molecule has 2 heterocycles. The molecule has 6 heteroatoms. The normalized spacial score (nSPS) is 15.2. The van der Waals surface area contributed by atoms with E-state index >= 15 is 0 Å². The fraction of sp³-hybridized carbons (Fsp3) is 0.286. The lowest BCUT2D eigenvalue weighted by atomic mass is 10.1. The first-order valence-electron chi connectivity index (χ1n) is 6.42. The summed E-state index contributed by atoms with van der Waals surface area (Å²) in [4.78, 5) is 0. The highest BCUT2D eigenvalue weighted by atomic mass is 16.5. The zero-order valence-corrected chi connectivity index (χ0v) is 11.1. The van der Waals surface area contributed by atoms with Crippen LogP contribution in [0.1, 0.15) is 18.1 Å². The van der Waals surface area contributed by atoms with Gasteiger partial charge in [0.05, 0.1) is 6.20 Å². The third-order valence-electron chi connectivity index (χ3n) is 3.17. The first-order chi connectivity index (χ1) is 9.80. The summed E-state index contributed by atoms with van der Waals surface area (Å²) in [5.41, 5.74) is 2.36. The minimum absolute atomic E-state index is 0.290. The van der Waals surface area contributed by atoms with Crippen LogP contribution >= 0.6 is 0 Å². The van der Waals surface area contributed by atoms with E-state index in [0.717, 1.165) is 17.7 Å². The topological polar surface area (TPSA) is 68.9 Å². The molecule has 0 saturated heterocycles. The largest absolute Gasteiger partial charge is 0.489 e. The van der Waals surface area contributed by atoms with E-state index in [1.807, 2.05) is 29.9 Å². The molecular formula is C14H15N3O3. The molecule has 0 amide bonds. The molecule has 1 aliphatic heterocycles. The van der Waals surface area contributed by atoms with Crippen LogP contribution < -0.4 is 9.47 Å². The van der Waals surface area contributed by atoms with E-state index in [1.54, 1.807) is 12.3 Å². The third kappa shape index (κ3) is 2.32. The first-order valence-corrected chi connectivity index (χ1v) is 6.42. The van der Waals surface area contributed by atoms with Crippen LogP contribution in [0.4, 0.5) is 0 Å². The van der Waals surface area contributed by atoms with Gasteiger partial charge in [-0.1, -0.05) is 5.16 Å². The van der Waals surface area contributed by atoms with Gasteiger partial charge in [-0.3, -0.25) is 4.68 Å². The lowest BCUT2D eigenvalue weighted by molar-refractivity contribution is 0.302. The van der Waals surface area contributed by atoms with Crippen molar-refractivity contribution in [3.8, 4) is 11.5 Å². The van der Waals surface area contributed by atoms with Crippen molar-refractivity contribution in [2.75, 3.05) is 6.61 Å². The van der Waals surface area contributed by atoms with Gasteiger partial charge in [0.1, 0.15) is 30.4 Å². The molecule has 0 unspecified atom stereocenters. The lowest BCUT2D eigenvalue weighted by Gasteiger charge is -2.06. The van der Waals surface area contributed by atoms with E-state index in [9.17, 15) is 0 Å². The second kappa shape index (κ2) is 5.24. The summed E-state index contributed by atoms with van der Waals surface area (Å²) in [7, 11) is 0. The molecule has 104 valence electrons. The van der Waals surface area contributed by atoms with Crippen LogP contribution in [0.2, 0.25) is 0 Å². The minimum atomic E-state index is 0.290. The number of nitrogens with zero attached hydrogens (tertiary/aromatic N) is 3. The molecule has 2 aromatic rings. The summed E-state index contributed by atoms with van der Waals surface area (Å²) in [6.07, 6.45) is 3.75. The standard InChI is InChI=1S/C14H15N3O3/c1-2-17-7-10(6-15-17)8-19-11-3-4-12-13(16-18)9-20-14(12)5-11/h3-7,18H,2,8-9H2,1H3. The number of aryl methyl sites for hydroxylation is 1. The van der Waals surface area contributed by atoms with Crippen LogP contribution in [0, 0.1) is 0 Å². The summed E-state index contributed by atoms with van der Waals surface area (Å²) >= 11 is 0. The second-order valence-electron chi connectivity index (χ2n) is 4.49. The second-order valence-corrected chi connectivity index (χ2v) is 4.49. The van der Waals surface area contributed by atoms with Gasteiger partial charge in [0.2, 0.25) is 0 Å². The summed E-state index contributed by atoms with van der Waals surface area (Å²) in [5, 5.41) is 16.2. The van der Waals surface area contributed by atoms with Crippen LogP contribution in [0.3, 0.4) is 0 Å². The molecule has 1 aromatic heterocycles. The summed E-state index contributed by atoms with van der Waals surface area (Å²) in [6, 6.07) is 5.48. The fourth-order valence-corrected chi connectivity index (χ4v) is 2.08. The van der Waals surface area contributed by atoms with E-state index < -0.39 is 0 Å². The zero-order chi connectivity index (χ0) is 13.9. The quantitative estimate of drug-likeness (QED) is 0.683. The molecule has 20 heavy (non-hydrogen) atoms. The number of hydrogen-bond donors (Lipinski definition) is 1. The van der Waals surface area contributed by atoms with E-state index in [-0.39, 0.29) is 0 Å². The average Bonchev–Trinajstić information content (AvgIpc) is 3.10. The molecule has 0 radical (unpaired) electrons. The summed E-state index contributed by atoms with van der Waals surface area (Å²) in [6.45, 7) is 3.63. The third-order valence-corrected chi connectivity index (χ3v) is 3.17. The van der Waals surface area contributed by atoms with Crippen LogP contribution in [0.15, 0.2) is 35.7 Å². The Morgan fingerprint density at radius 3 is 3.15 bits per heavy atom. The number of oxime groups is 1. The SMILES string of the molecule is CCn1cc(COc2ccc3c(c2)OCC3=NO)cn1. The van der Waals surface area contributed by atoms with Crippen molar-refractivity contribution in [2.45, 2.75) is 20.1 Å². The Morgan fingerprint density at radius 1 is 1.50 bits per heavy atom. The van der Waals surface area contributed by atoms with E-state index in [4.69, 9.17) is 14.7 Å². The molecule has 1 N–H and O–H groups in total. The van der Waals surface area contributed by atoms with Crippen LogP contribution in [0.25, 0.3) is 0 Å². The molecule has 1 aliphatic rings. The Labute approximate surface area is 116 Å². The van der Waals surface area contributed by atoms with Gasteiger partial charge in [0, 0.05) is 29.9 Å². The number of aromatic nitrogens is 2. The highest BCUT2D eigenvalue weighted by molar-refractivity contribution is 6.05. The van der Waals surface area contributed by atoms with Crippen molar-refractivity contribution in [1.29, 1.82) is 0 Å². The van der Waals surface area contributed by atoms with Crippen molar-refractivity contribution >= 4 is 5.71 Å². The minimum Gasteiger partial charge on any atom is -0.489 e. The Kier molecular flexibility index (Phi) is 3.28. The molecule has 0 bridgehead atoms. The van der Waals surface area contributed by atoms with Gasteiger partial charge >= 0.3 is 0 Å². The van der Waals surface area contributed by atoms with Crippen molar-refractivity contribution in [1.82, 2.24) is 9.78 Å². The van der Waals surface area contributed by atoms with Gasteiger partial charge in [-0.05, 0) is 19.1 Å². The maximum atomic E-state index is 8.83. The average molecular weight is 273 g/mol. The monoisotopic (exact) mass is 273 g/mol. The number of rotatable bonds is 4. The molecule has 0 spiro atoms. The fourth-order valence-electron chi connectivity index (χ4n) is 2.08. The van der Waals surface area contributed by atoms with E-state index in [1.165, 1.54) is 0 Å². The number of ether oxygens (including phenoxy) is 2. The molecule has 3 rings (SSSR count). The lowest BCUT2D eigenvalue weighted by Crippen LogP contribution is -2.01. The maximum Gasteiger partial charge on any atom is 0.134 e. The van der Waals surface area contributed by atoms with Gasteiger partial charge in [0.15, 0.2) is 0 Å².